The molecule has 0 aliphatic carbocycles. The van der Waals surface area contributed by atoms with Crippen LogP contribution in [0.3, 0.4) is 0 Å². The van der Waals surface area contributed by atoms with Crippen molar-refractivity contribution in [2.45, 2.75) is 19.9 Å². The molecule has 24 heavy (non-hydrogen) atoms. The highest BCUT2D eigenvalue weighted by molar-refractivity contribution is 9.10. The van der Waals surface area contributed by atoms with Crippen LogP contribution in [0.5, 0.6) is 5.75 Å². The van der Waals surface area contributed by atoms with Crippen LogP contribution in [0.25, 0.3) is 0 Å². The standard InChI is InChI=1S/C18H19BrClNO3/c1-12-15(20)10-14(17(24-2)16(12)19)8-9-21(18(22)23)11-13-6-4-3-5-7-13/h3-7,10H,8-9,11H2,1-2H3,(H,22,23). The number of hydrogen-bond donors (Lipinski definition) is 1. The van der Waals surface area contributed by atoms with Gasteiger partial charge in [0, 0.05) is 18.1 Å². The van der Waals surface area contributed by atoms with Crippen molar-refractivity contribution >= 4 is 33.6 Å². The van der Waals surface area contributed by atoms with Crippen LogP contribution in [0.15, 0.2) is 40.9 Å². The summed E-state index contributed by atoms with van der Waals surface area (Å²) < 4.78 is 6.25. The summed E-state index contributed by atoms with van der Waals surface area (Å²) in [5.74, 6) is 0.696. The van der Waals surface area contributed by atoms with Crippen LogP contribution in [0.2, 0.25) is 5.02 Å². The van der Waals surface area contributed by atoms with E-state index in [0.717, 1.165) is 21.2 Å². The van der Waals surface area contributed by atoms with Gasteiger partial charge in [0.25, 0.3) is 0 Å². The van der Waals surface area contributed by atoms with E-state index in [9.17, 15) is 9.90 Å². The fraction of sp³-hybridized carbons (Fsp3) is 0.278. The number of rotatable bonds is 6. The first-order chi connectivity index (χ1) is 11.4. The van der Waals surface area contributed by atoms with Crippen LogP contribution in [0.4, 0.5) is 4.79 Å². The van der Waals surface area contributed by atoms with Crippen molar-refractivity contribution in [3.63, 3.8) is 0 Å². The largest absolute Gasteiger partial charge is 0.495 e. The molecule has 128 valence electrons. The Labute approximate surface area is 155 Å². The van der Waals surface area contributed by atoms with E-state index in [1.54, 1.807) is 7.11 Å². The van der Waals surface area contributed by atoms with Crippen molar-refractivity contribution in [2.24, 2.45) is 0 Å². The fourth-order valence-electron chi connectivity index (χ4n) is 2.45. The number of nitrogens with zero attached hydrogens (tertiary/aromatic N) is 1. The summed E-state index contributed by atoms with van der Waals surface area (Å²) in [6.45, 7) is 2.60. The number of carboxylic acid groups (broad SMARTS) is 1. The van der Waals surface area contributed by atoms with Gasteiger partial charge >= 0.3 is 6.09 Å². The quantitative estimate of drug-likeness (QED) is 0.714. The van der Waals surface area contributed by atoms with Gasteiger partial charge in [-0.1, -0.05) is 41.9 Å². The predicted molar refractivity (Wildman–Crippen MR) is 99.0 cm³/mol. The van der Waals surface area contributed by atoms with Crippen LogP contribution >= 0.6 is 27.5 Å². The Kier molecular flexibility index (Phi) is 6.52. The molecule has 0 unspecified atom stereocenters. The Balaban J connectivity index is 2.16. The highest BCUT2D eigenvalue weighted by Crippen LogP contribution is 2.36. The van der Waals surface area contributed by atoms with Crippen molar-refractivity contribution < 1.29 is 14.6 Å². The average Bonchev–Trinajstić information content (AvgIpc) is 2.57. The first-order valence-electron chi connectivity index (χ1n) is 7.47. The van der Waals surface area contributed by atoms with E-state index in [0.29, 0.717) is 30.3 Å². The SMILES string of the molecule is COc1c(CCN(Cc2ccccc2)C(=O)O)cc(Cl)c(C)c1Br. The monoisotopic (exact) mass is 411 g/mol. The molecule has 0 spiro atoms. The van der Waals surface area contributed by atoms with Gasteiger partial charge in [-0.15, -0.1) is 0 Å². The van der Waals surface area contributed by atoms with Gasteiger partial charge in [0.15, 0.2) is 0 Å². The zero-order valence-corrected chi connectivity index (χ0v) is 15.9. The number of amides is 1. The Hall–Kier alpha value is -1.72. The van der Waals surface area contributed by atoms with Crippen molar-refractivity contribution in [1.29, 1.82) is 0 Å². The van der Waals surface area contributed by atoms with E-state index in [4.69, 9.17) is 16.3 Å². The van der Waals surface area contributed by atoms with E-state index in [1.807, 2.05) is 43.3 Å². The molecule has 0 aliphatic rings. The normalized spacial score (nSPS) is 10.5. The third kappa shape index (κ3) is 4.42. The molecule has 0 aromatic heterocycles. The summed E-state index contributed by atoms with van der Waals surface area (Å²) in [6.07, 6.45) is -0.434. The maximum absolute atomic E-state index is 11.5. The number of hydrogen-bond acceptors (Lipinski definition) is 2. The third-order valence-electron chi connectivity index (χ3n) is 3.82. The highest BCUT2D eigenvalue weighted by Gasteiger charge is 2.17. The van der Waals surface area contributed by atoms with Crippen molar-refractivity contribution in [1.82, 2.24) is 4.90 Å². The van der Waals surface area contributed by atoms with Crippen LogP contribution in [0.1, 0.15) is 16.7 Å². The molecular formula is C18H19BrClNO3. The van der Waals surface area contributed by atoms with Crippen LogP contribution < -0.4 is 4.74 Å². The zero-order chi connectivity index (χ0) is 17.7. The van der Waals surface area contributed by atoms with Gasteiger partial charge < -0.3 is 14.7 Å². The lowest BCUT2D eigenvalue weighted by Crippen LogP contribution is -2.31. The van der Waals surface area contributed by atoms with Gasteiger partial charge in [0.2, 0.25) is 0 Å². The van der Waals surface area contributed by atoms with E-state index >= 15 is 0 Å². The molecule has 1 N–H and O–H groups in total. The lowest BCUT2D eigenvalue weighted by Gasteiger charge is -2.21. The van der Waals surface area contributed by atoms with Gasteiger partial charge in [-0.2, -0.15) is 0 Å². The zero-order valence-electron chi connectivity index (χ0n) is 13.6. The minimum absolute atomic E-state index is 0.346. The first kappa shape index (κ1) is 18.6. The Morgan fingerprint density at radius 2 is 2.00 bits per heavy atom. The van der Waals surface area contributed by atoms with Gasteiger partial charge in [-0.05, 0) is 52.0 Å². The van der Waals surface area contributed by atoms with Crippen molar-refractivity contribution in [3.8, 4) is 5.75 Å². The maximum atomic E-state index is 11.5. The number of carbonyl (C=O) groups is 1. The molecule has 0 bridgehead atoms. The molecule has 1 amide bonds. The first-order valence-corrected chi connectivity index (χ1v) is 8.64. The summed E-state index contributed by atoms with van der Waals surface area (Å²) in [4.78, 5) is 12.9. The lowest BCUT2D eigenvalue weighted by atomic mass is 10.1. The van der Waals surface area contributed by atoms with Crippen LogP contribution in [0, 0.1) is 6.92 Å². The molecule has 4 nitrogen and oxygen atoms in total. The minimum atomic E-state index is -0.949. The van der Waals surface area contributed by atoms with Gasteiger partial charge in [0.05, 0.1) is 11.6 Å². The maximum Gasteiger partial charge on any atom is 0.407 e. The van der Waals surface area contributed by atoms with E-state index in [1.165, 1.54) is 4.90 Å². The molecule has 0 radical (unpaired) electrons. The summed E-state index contributed by atoms with van der Waals surface area (Å²) in [7, 11) is 1.59. The van der Waals surface area contributed by atoms with Crippen LogP contribution in [-0.4, -0.2) is 29.8 Å². The molecule has 0 atom stereocenters. The second kappa shape index (κ2) is 8.40. The van der Waals surface area contributed by atoms with Crippen molar-refractivity contribution in [2.75, 3.05) is 13.7 Å². The molecule has 0 aliphatic heterocycles. The van der Waals surface area contributed by atoms with E-state index in [-0.39, 0.29) is 0 Å². The van der Waals surface area contributed by atoms with Crippen LogP contribution in [-0.2, 0) is 13.0 Å². The van der Waals surface area contributed by atoms with Gasteiger partial charge in [-0.3, -0.25) is 0 Å². The van der Waals surface area contributed by atoms with Crippen molar-refractivity contribution in [3.05, 3.63) is 62.6 Å². The summed E-state index contributed by atoms with van der Waals surface area (Å²) >= 11 is 9.73. The molecular weight excluding hydrogens is 394 g/mol. The molecule has 0 saturated heterocycles. The number of benzene rings is 2. The molecule has 0 saturated carbocycles. The molecule has 2 aromatic rings. The predicted octanol–water partition coefficient (Wildman–Crippen LogP) is 5.14. The Morgan fingerprint density at radius 3 is 2.58 bits per heavy atom. The molecule has 2 aromatic carbocycles. The smallest absolute Gasteiger partial charge is 0.407 e. The second-order valence-corrected chi connectivity index (χ2v) is 6.63. The van der Waals surface area contributed by atoms with E-state index in [2.05, 4.69) is 15.9 Å². The highest BCUT2D eigenvalue weighted by atomic mass is 79.9. The third-order valence-corrected chi connectivity index (χ3v) is 5.17. The summed E-state index contributed by atoms with van der Waals surface area (Å²) in [5.41, 5.74) is 2.73. The second-order valence-electron chi connectivity index (χ2n) is 5.43. The Bertz CT molecular complexity index is 722. The number of halogens is 2. The lowest BCUT2D eigenvalue weighted by molar-refractivity contribution is 0.143. The number of ether oxygens (including phenoxy) is 1. The number of methoxy groups -OCH3 is 1. The molecule has 0 fully saturated rings. The topological polar surface area (TPSA) is 49.8 Å². The molecule has 6 heteroatoms. The minimum Gasteiger partial charge on any atom is -0.495 e. The van der Waals surface area contributed by atoms with Gasteiger partial charge in [-0.25, -0.2) is 4.79 Å². The summed E-state index contributed by atoms with van der Waals surface area (Å²) in [6, 6.07) is 11.4. The Morgan fingerprint density at radius 1 is 1.33 bits per heavy atom. The average molecular weight is 413 g/mol. The van der Waals surface area contributed by atoms with E-state index < -0.39 is 6.09 Å². The molecule has 0 heterocycles. The molecule has 2 rings (SSSR count). The summed E-state index contributed by atoms with van der Waals surface area (Å²) in [5, 5.41) is 10.1. The fourth-order valence-corrected chi connectivity index (χ4v) is 3.42. The van der Waals surface area contributed by atoms with Gasteiger partial charge in [0.1, 0.15) is 5.75 Å².